The number of aliphatic imine (C=N–C) groups is 1. The number of nitrogens with zero attached hydrogens (tertiary/aromatic N) is 1. The second kappa shape index (κ2) is 9.67. The van der Waals surface area contributed by atoms with Gasteiger partial charge in [-0.25, -0.2) is 4.99 Å². The zero-order valence-corrected chi connectivity index (χ0v) is 18.4. The van der Waals surface area contributed by atoms with Gasteiger partial charge in [-0.2, -0.15) is 0 Å². The molecule has 0 heterocycles. The number of allylic oxidation sites excluding steroid dienone is 4. The number of unbranched alkanes of at least 4 members (excludes halogenated alkanes) is 2. The van der Waals surface area contributed by atoms with Crippen LogP contribution in [-0.2, 0) is 9.59 Å². The molecule has 1 aromatic carbocycles. The van der Waals surface area contributed by atoms with Crippen LogP contribution in [0.5, 0.6) is 0 Å². The van der Waals surface area contributed by atoms with E-state index in [2.05, 4.69) is 24.0 Å². The lowest BCUT2D eigenvalue weighted by Gasteiger charge is -2.29. The molecule has 4 rings (SSSR count). The topological polar surface area (TPSA) is 70.3 Å². The molecule has 0 spiro atoms. The van der Waals surface area contributed by atoms with Crippen molar-refractivity contribution in [2.75, 3.05) is 0 Å². The standard InChI is InChI=1S/C27H32N2O2/c1-2-3-4-5-18-6-8-19(9-7-18)20-10-12-21(13-11-20)29-24-16-14-22-25(30)17-15-23(28)26(22)27(24)31/h10-15,17-19,26,28H,2-9,16H2,1H3. The largest absolute Gasteiger partial charge is 0.304 e. The highest BCUT2D eigenvalue weighted by Gasteiger charge is 2.37. The fraction of sp³-hybridized carbons (Fsp3) is 0.481. The molecular weight excluding hydrogens is 384 g/mol. The van der Waals surface area contributed by atoms with Crippen LogP contribution >= 0.6 is 0 Å². The van der Waals surface area contributed by atoms with E-state index in [1.165, 1.54) is 69.1 Å². The van der Waals surface area contributed by atoms with Crippen molar-refractivity contribution >= 4 is 28.7 Å². The zero-order valence-electron chi connectivity index (χ0n) is 18.4. The molecule has 4 heteroatoms. The first-order valence-electron chi connectivity index (χ1n) is 11.8. The molecule has 0 amide bonds. The smallest absolute Gasteiger partial charge is 0.190 e. The van der Waals surface area contributed by atoms with Gasteiger partial charge in [0.2, 0.25) is 0 Å². The van der Waals surface area contributed by atoms with Crippen molar-refractivity contribution in [1.82, 2.24) is 0 Å². The zero-order chi connectivity index (χ0) is 21.8. The monoisotopic (exact) mass is 416 g/mol. The van der Waals surface area contributed by atoms with Crippen molar-refractivity contribution in [3.05, 3.63) is 53.6 Å². The Labute approximate surface area is 185 Å². The molecule has 1 saturated carbocycles. The van der Waals surface area contributed by atoms with Crippen LogP contribution in [0.25, 0.3) is 0 Å². The number of carbonyl (C=O) groups excluding carboxylic acids is 2. The van der Waals surface area contributed by atoms with Crippen LogP contribution in [0.2, 0.25) is 0 Å². The van der Waals surface area contributed by atoms with Crippen molar-refractivity contribution in [2.24, 2.45) is 16.8 Å². The van der Waals surface area contributed by atoms with Crippen molar-refractivity contribution < 1.29 is 9.59 Å². The number of ketones is 2. The Hall–Kier alpha value is -2.62. The molecule has 1 N–H and O–H groups in total. The van der Waals surface area contributed by atoms with Gasteiger partial charge in [0.25, 0.3) is 0 Å². The van der Waals surface area contributed by atoms with Gasteiger partial charge in [-0.1, -0.05) is 50.8 Å². The van der Waals surface area contributed by atoms with E-state index in [0.29, 0.717) is 23.6 Å². The summed E-state index contributed by atoms with van der Waals surface area (Å²) in [5.41, 5.74) is 3.17. The van der Waals surface area contributed by atoms with E-state index in [4.69, 9.17) is 5.41 Å². The fourth-order valence-electron chi connectivity index (χ4n) is 5.19. The van der Waals surface area contributed by atoms with E-state index in [1.54, 1.807) is 6.08 Å². The van der Waals surface area contributed by atoms with Gasteiger partial charge in [0, 0.05) is 17.7 Å². The highest BCUT2D eigenvalue weighted by atomic mass is 16.1. The quantitative estimate of drug-likeness (QED) is 0.554. The lowest BCUT2D eigenvalue weighted by Crippen LogP contribution is -2.37. The lowest BCUT2D eigenvalue weighted by atomic mass is 9.77. The van der Waals surface area contributed by atoms with E-state index in [0.717, 1.165) is 11.6 Å². The van der Waals surface area contributed by atoms with Gasteiger partial charge >= 0.3 is 0 Å². The molecule has 1 atom stereocenters. The van der Waals surface area contributed by atoms with Crippen LogP contribution in [0.4, 0.5) is 5.69 Å². The van der Waals surface area contributed by atoms with E-state index in [1.807, 2.05) is 12.1 Å². The van der Waals surface area contributed by atoms with Crippen LogP contribution in [0.15, 0.2) is 53.1 Å². The van der Waals surface area contributed by atoms with E-state index in [9.17, 15) is 9.59 Å². The van der Waals surface area contributed by atoms with Gasteiger partial charge < -0.3 is 5.41 Å². The Kier molecular flexibility index (Phi) is 6.74. The predicted molar refractivity (Wildman–Crippen MR) is 125 cm³/mol. The number of hydrogen-bond donors (Lipinski definition) is 1. The number of fused-ring (bicyclic) bond motifs is 1. The van der Waals surface area contributed by atoms with Gasteiger partial charge in [0.05, 0.1) is 17.3 Å². The number of carbonyl (C=O) groups is 2. The molecule has 0 bridgehead atoms. The third-order valence-corrected chi connectivity index (χ3v) is 7.07. The minimum atomic E-state index is -0.781. The second-order valence-electron chi connectivity index (χ2n) is 9.18. The molecule has 31 heavy (non-hydrogen) atoms. The molecule has 0 aromatic heterocycles. The van der Waals surface area contributed by atoms with Gasteiger partial charge in [-0.3, -0.25) is 9.59 Å². The summed E-state index contributed by atoms with van der Waals surface area (Å²) in [4.78, 5) is 29.5. The molecule has 3 aliphatic carbocycles. The van der Waals surface area contributed by atoms with Gasteiger partial charge in [-0.15, -0.1) is 0 Å². The maximum atomic E-state index is 12.9. The Morgan fingerprint density at radius 3 is 2.45 bits per heavy atom. The Morgan fingerprint density at radius 1 is 1.00 bits per heavy atom. The van der Waals surface area contributed by atoms with Crippen LogP contribution in [0.1, 0.15) is 76.2 Å². The van der Waals surface area contributed by atoms with Crippen molar-refractivity contribution in [2.45, 2.75) is 70.6 Å². The first kappa shape index (κ1) is 21.6. The minimum absolute atomic E-state index is 0.169. The molecule has 1 aromatic rings. The SMILES string of the molecule is CCCCCC1CCC(c2ccc(N=C3CC=C4C(=O)C=CC(=N)C4C3=O)cc2)CC1. The summed E-state index contributed by atoms with van der Waals surface area (Å²) < 4.78 is 0. The first-order chi connectivity index (χ1) is 15.1. The molecule has 0 radical (unpaired) electrons. The van der Waals surface area contributed by atoms with Crippen molar-refractivity contribution in [3.8, 4) is 0 Å². The lowest BCUT2D eigenvalue weighted by molar-refractivity contribution is -0.117. The second-order valence-corrected chi connectivity index (χ2v) is 9.18. The molecule has 162 valence electrons. The number of rotatable bonds is 6. The number of hydrogen-bond acceptors (Lipinski definition) is 4. The maximum Gasteiger partial charge on any atom is 0.190 e. The normalized spacial score (nSPS) is 27.4. The Morgan fingerprint density at radius 2 is 1.74 bits per heavy atom. The van der Waals surface area contributed by atoms with Crippen LogP contribution < -0.4 is 0 Å². The van der Waals surface area contributed by atoms with E-state index < -0.39 is 5.92 Å². The molecular formula is C27H32N2O2. The van der Waals surface area contributed by atoms with Gasteiger partial charge in [0.1, 0.15) is 0 Å². The summed E-state index contributed by atoms with van der Waals surface area (Å²) in [6, 6.07) is 8.31. The molecule has 3 aliphatic rings. The predicted octanol–water partition coefficient (Wildman–Crippen LogP) is 6.29. The van der Waals surface area contributed by atoms with Crippen molar-refractivity contribution in [1.29, 1.82) is 5.41 Å². The highest BCUT2D eigenvalue weighted by molar-refractivity contribution is 6.49. The summed E-state index contributed by atoms with van der Waals surface area (Å²) in [6.45, 7) is 2.27. The Bertz CT molecular complexity index is 944. The third-order valence-electron chi connectivity index (χ3n) is 7.07. The molecule has 1 fully saturated rings. The van der Waals surface area contributed by atoms with Gasteiger partial charge in [0.15, 0.2) is 11.6 Å². The number of benzene rings is 1. The maximum absolute atomic E-state index is 12.9. The van der Waals surface area contributed by atoms with E-state index in [-0.39, 0.29) is 17.3 Å². The molecule has 1 unspecified atom stereocenters. The van der Waals surface area contributed by atoms with Gasteiger partial charge in [-0.05, 0) is 67.4 Å². The third kappa shape index (κ3) is 4.84. The van der Waals surface area contributed by atoms with Crippen LogP contribution in [-0.4, -0.2) is 23.0 Å². The summed E-state index contributed by atoms with van der Waals surface area (Å²) >= 11 is 0. The van der Waals surface area contributed by atoms with Crippen molar-refractivity contribution in [3.63, 3.8) is 0 Å². The van der Waals surface area contributed by atoms with E-state index >= 15 is 0 Å². The number of nitrogens with one attached hydrogen (secondary N) is 1. The summed E-state index contributed by atoms with van der Waals surface area (Å²) in [6.07, 6.45) is 15.5. The fourth-order valence-corrected chi connectivity index (χ4v) is 5.19. The Balaban J connectivity index is 1.39. The van der Waals surface area contributed by atoms with Crippen LogP contribution in [0, 0.1) is 17.2 Å². The molecule has 0 saturated heterocycles. The average molecular weight is 417 g/mol. The number of Topliss-reactive ketones (excluding diaryl/α,β-unsaturated/α-hetero) is 1. The van der Waals surface area contributed by atoms with Crippen LogP contribution in [0.3, 0.4) is 0 Å². The summed E-state index contributed by atoms with van der Waals surface area (Å²) in [7, 11) is 0. The first-order valence-corrected chi connectivity index (χ1v) is 11.8. The molecule has 4 nitrogen and oxygen atoms in total. The average Bonchev–Trinajstić information content (AvgIpc) is 2.79. The highest BCUT2D eigenvalue weighted by Crippen LogP contribution is 2.38. The molecule has 0 aliphatic heterocycles. The minimum Gasteiger partial charge on any atom is -0.304 e. The summed E-state index contributed by atoms with van der Waals surface area (Å²) in [5.74, 6) is 0.371. The summed E-state index contributed by atoms with van der Waals surface area (Å²) in [5, 5.41) is 8.05.